The highest BCUT2D eigenvalue weighted by molar-refractivity contribution is 7.80. The van der Waals surface area contributed by atoms with Crippen LogP contribution >= 0.6 is 0 Å². The topological polar surface area (TPSA) is 192 Å². The summed E-state index contributed by atoms with van der Waals surface area (Å²) in [6.07, 6.45) is 66.9. The number of unbranched alkanes of at least 4 members (excludes halogenated alkanes) is 51. The number of amides is 1. The summed E-state index contributed by atoms with van der Waals surface area (Å²) < 4.78 is 48.1. The average Bonchev–Trinajstić information content (AvgIpc) is 3.42. The minimum Gasteiger partial charge on any atom is -0.394 e. The third-order valence-corrected chi connectivity index (χ3v) is 18.0. The lowest BCUT2D eigenvalue weighted by Crippen LogP contribution is -2.61. The molecule has 0 aliphatic carbocycles. The van der Waals surface area contributed by atoms with E-state index in [0.29, 0.717) is 12.8 Å². The van der Waals surface area contributed by atoms with Crippen molar-refractivity contribution in [3.8, 4) is 0 Å². The Morgan fingerprint density at radius 3 is 1.08 bits per heavy atom. The molecule has 6 N–H and O–H groups in total. The summed E-state index contributed by atoms with van der Waals surface area (Å²) in [7, 11) is -5.08. The van der Waals surface area contributed by atoms with E-state index in [1.54, 1.807) is 0 Å². The number of hydrogen-bond donors (Lipinski definition) is 6. The summed E-state index contributed by atoms with van der Waals surface area (Å²) in [6, 6.07) is -0.856. The monoisotopic (exact) mass is 1200 g/mol. The fraction of sp³-hybridized carbons (Fsp3) is 0.957. The van der Waals surface area contributed by atoms with Crippen molar-refractivity contribution in [2.45, 2.75) is 416 Å². The molecule has 0 saturated carbocycles. The Bertz CT molecular complexity index is 1500. The van der Waals surface area contributed by atoms with Crippen LogP contribution in [0.2, 0.25) is 0 Å². The summed E-state index contributed by atoms with van der Waals surface area (Å²) in [5.41, 5.74) is 0. The maximum absolute atomic E-state index is 13.2. The van der Waals surface area contributed by atoms with Gasteiger partial charge in [-0.05, 0) is 38.5 Å². The SMILES string of the molecule is CCCCCCCCCCCCCCCCCC/C=C\CCCCCCCCCCCCCCCCCCCC(=O)NC(COC1OC(CO)C(O)C(OS(=O)(=O)O)C1O)C(O)CCCCCCCCCCCCCCCCCCCCC. The molecule has 0 aromatic rings. The Hall–Kier alpha value is -1.16. The van der Waals surface area contributed by atoms with Crippen molar-refractivity contribution in [2.75, 3.05) is 13.2 Å². The predicted octanol–water partition coefficient (Wildman–Crippen LogP) is 18.9. The Kier molecular flexibility index (Phi) is 57.5. The predicted molar refractivity (Wildman–Crippen MR) is 347 cm³/mol. The van der Waals surface area contributed by atoms with Crippen LogP contribution in [-0.2, 0) is 28.9 Å². The molecule has 0 aromatic carbocycles. The van der Waals surface area contributed by atoms with Crippen LogP contribution in [0.5, 0.6) is 0 Å². The molecule has 1 aliphatic heterocycles. The van der Waals surface area contributed by atoms with Gasteiger partial charge in [0.25, 0.3) is 0 Å². The van der Waals surface area contributed by atoms with Crippen molar-refractivity contribution in [2.24, 2.45) is 0 Å². The zero-order valence-corrected chi connectivity index (χ0v) is 55.1. The molecule has 1 saturated heterocycles. The highest BCUT2D eigenvalue weighted by atomic mass is 32.3. The van der Waals surface area contributed by atoms with E-state index in [-0.39, 0.29) is 12.5 Å². The number of aliphatic hydroxyl groups is 4. The van der Waals surface area contributed by atoms with Gasteiger partial charge in [0, 0.05) is 6.42 Å². The Labute approximate surface area is 512 Å². The molecule has 1 aliphatic rings. The van der Waals surface area contributed by atoms with Crippen LogP contribution in [0.3, 0.4) is 0 Å². The highest BCUT2D eigenvalue weighted by Crippen LogP contribution is 2.27. The minimum atomic E-state index is -5.08. The van der Waals surface area contributed by atoms with Crippen molar-refractivity contribution < 1.29 is 51.8 Å². The van der Waals surface area contributed by atoms with Crippen LogP contribution in [0.4, 0.5) is 0 Å². The molecule has 0 spiro atoms. The van der Waals surface area contributed by atoms with Gasteiger partial charge in [-0.2, -0.15) is 8.42 Å². The van der Waals surface area contributed by atoms with Gasteiger partial charge in [0.15, 0.2) is 6.29 Å². The lowest BCUT2D eigenvalue weighted by Gasteiger charge is -2.41. The minimum absolute atomic E-state index is 0.221. The number of carbonyl (C=O) groups excluding carboxylic acids is 1. The third-order valence-electron chi connectivity index (χ3n) is 17.6. The summed E-state index contributed by atoms with van der Waals surface area (Å²) in [5, 5.41) is 45.3. The number of rotatable bonds is 65. The maximum atomic E-state index is 13.2. The maximum Gasteiger partial charge on any atom is 0.397 e. The first-order chi connectivity index (χ1) is 40.5. The fourth-order valence-corrected chi connectivity index (χ4v) is 12.6. The molecule has 1 amide bonds. The normalized spacial score (nSPS) is 18.4. The number of nitrogens with one attached hydrogen (secondary N) is 1. The number of hydrogen-bond acceptors (Lipinski definition) is 10. The van der Waals surface area contributed by atoms with Gasteiger partial charge in [0.1, 0.15) is 24.4 Å². The molecule has 1 fully saturated rings. The summed E-state index contributed by atoms with van der Waals surface area (Å²) in [5.74, 6) is -0.221. The van der Waals surface area contributed by atoms with E-state index in [9.17, 15) is 38.2 Å². The Morgan fingerprint density at radius 1 is 0.470 bits per heavy atom. The van der Waals surface area contributed by atoms with Gasteiger partial charge < -0.3 is 35.2 Å². The second-order valence-corrected chi connectivity index (χ2v) is 26.6. The Morgan fingerprint density at radius 2 is 0.771 bits per heavy atom. The van der Waals surface area contributed by atoms with Crippen molar-refractivity contribution in [1.29, 1.82) is 0 Å². The van der Waals surface area contributed by atoms with Crippen LogP contribution < -0.4 is 5.32 Å². The van der Waals surface area contributed by atoms with Crippen LogP contribution in [0, 0.1) is 0 Å². The molecule has 0 bridgehead atoms. The first-order valence-electron chi connectivity index (χ1n) is 36.1. The van der Waals surface area contributed by atoms with Gasteiger partial charge in [0.05, 0.1) is 25.4 Å². The summed E-state index contributed by atoms with van der Waals surface area (Å²) in [4.78, 5) is 13.2. The molecule has 1 rings (SSSR count). The van der Waals surface area contributed by atoms with Gasteiger partial charge in [-0.3, -0.25) is 9.35 Å². The zero-order chi connectivity index (χ0) is 60.4. The van der Waals surface area contributed by atoms with Crippen molar-refractivity contribution in [3.05, 3.63) is 12.2 Å². The zero-order valence-electron chi connectivity index (χ0n) is 54.3. The molecule has 0 radical (unpaired) electrons. The second-order valence-electron chi connectivity index (χ2n) is 25.5. The van der Waals surface area contributed by atoms with E-state index in [2.05, 4.69) is 35.5 Å². The molecule has 494 valence electrons. The van der Waals surface area contributed by atoms with Crippen LogP contribution in [0.25, 0.3) is 0 Å². The van der Waals surface area contributed by atoms with E-state index in [4.69, 9.17) is 9.47 Å². The fourth-order valence-electron chi connectivity index (χ4n) is 12.0. The third kappa shape index (κ3) is 51.4. The smallest absolute Gasteiger partial charge is 0.394 e. The Balaban J connectivity index is 2.16. The van der Waals surface area contributed by atoms with Gasteiger partial charge >= 0.3 is 10.4 Å². The average molecular weight is 1200 g/mol. The molecule has 1 heterocycles. The molecule has 0 aromatic heterocycles. The molecular weight excluding hydrogens is 1060 g/mol. The van der Waals surface area contributed by atoms with Crippen LogP contribution in [0.1, 0.15) is 373 Å². The molecular formula is C70H137NO11S. The summed E-state index contributed by atoms with van der Waals surface area (Å²) >= 11 is 0. The first-order valence-corrected chi connectivity index (χ1v) is 37.4. The van der Waals surface area contributed by atoms with Crippen LogP contribution in [-0.4, -0.2) is 95.4 Å². The largest absolute Gasteiger partial charge is 0.397 e. The molecule has 83 heavy (non-hydrogen) atoms. The standard InChI is InChI=1S/C70H137NO11S/c1-3-5-7-9-11-13-15-17-19-21-23-24-25-26-27-28-29-30-31-32-33-34-35-36-37-38-39-40-42-44-46-48-50-52-54-56-58-60-66(74)71-63(62-80-70-68(76)69(82-83(77,78)79)67(75)65(61-72)81-70)64(73)59-57-55-53-51-49-47-45-43-41-22-20-18-16-14-12-10-8-6-4-2/h30-31,63-65,67-70,72-73,75-76H,3-29,32-62H2,1-2H3,(H,71,74)(H,77,78,79)/b31-30-. The van der Waals surface area contributed by atoms with Gasteiger partial charge in [-0.1, -0.05) is 341 Å². The van der Waals surface area contributed by atoms with E-state index < -0.39 is 59.9 Å². The first kappa shape index (κ1) is 79.9. The van der Waals surface area contributed by atoms with Gasteiger partial charge in [-0.15, -0.1) is 0 Å². The lowest BCUT2D eigenvalue weighted by atomic mass is 9.99. The number of allylic oxidation sites excluding steroid dienone is 2. The van der Waals surface area contributed by atoms with Crippen molar-refractivity contribution in [3.63, 3.8) is 0 Å². The van der Waals surface area contributed by atoms with Gasteiger partial charge in [-0.25, -0.2) is 4.18 Å². The number of carbonyl (C=O) groups is 1. The van der Waals surface area contributed by atoms with E-state index in [0.717, 1.165) is 51.4 Å². The van der Waals surface area contributed by atoms with Crippen molar-refractivity contribution >= 4 is 16.3 Å². The molecule has 7 unspecified atom stereocenters. The van der Waals surface area contributed by atoms with Crippen LogP contribution in [0.15, 0.2) is 12.2 Å². The highest BCUT2D eigenvalue weighted by Gasteiger charge is 2.48. The second kappa shape index (κ2) is 59.8. The van der Waals surface area contributed by atoms with Gasteiger partial charge in [0.2, 0.25) is 5.91 Å². The number of ether oxygens (including phenoxy) is 2. The van der Waals surface area contributed by atoms with Crippen molar-refractivity contribution in [1.82, 2.24) is 5.32 Å². The molecule has 12 nitrogen and oxygen atoms in total. The summed E-state index contributed by atoms with van der Waals surface area (Å²) in [6.45, 7) is 3.52. The van der Waals surface area contributed by atoms with E-state index >= 15 is 0 Å². The van der Waals surface area contributed by atoms with E-state index in [1.807, 2.05) is 0 Å². The molecule has 13 heteroatoms. The molecule has 7 atom stereocenters. The van der Waals surface area contributed by atoms with E-state index in [1.165, 1.54) is 295 Å². The lowest BCUT2D eigenvalue weighted by molar-refractivity contribution is -0.298. The quantitative estimate of drug-likeness (QED) is 0.0193. The number of aliphatic hydroxyl groups excluding tert-OH is 4.